The van der Waals surface area contributed by atoms with Crippen molar-refractivity contribution in [3.05, 3.63) is 28.3 Å². The summed E-state index contributed by atoms with van der Waals surface area (Å²) in [7, 11) is 0. The zero-order valence-electron chi connectivity index (χ0n) is 6.99. The molecule has 0 aliphatic carbocycles. The predicted molar refractivity (Wildman–Crippen MR) is 47.0 cm³/mol. The van der Waals surface area contributed by atoms with Gasteiger partial charge in [0.05, 0.1) is 4.92 Å². The Balaban J connectivity index is 3.13. The fourth-order valence-corrected chi connectivity index (χ4v) is 1.05. The molecule has 0 aliphatic rings. The van der Waals surface area contributed by atoms with Crippen LogP contribution in [0.15, 0.2) is 23.1 Å². The van der Waals surface area contributed by atoms with Gasteiger partial charge < -0.3 is 4.74 Å². The monoisotopic (exact) mass is 239 g/mol. The quantitative estimate of drug-likeness (QED) is 0.490. The van der Waals surface area contributed by atoms with E-state index in [4.69, 9.17) is 0 Å². The van der Waals surface area contributed by atoms with Crippen LogP contribution in [0.1, 0.15) is 0 Å². The summed E-state index contributed by atoms with van der Waals surface area (Å²) in [6.45, 7) is 0. The molecule has 0 unspecified atom stereocenters. The Labute approximate surface area is 87.2 Å². The van der Waals surface area contributed by atoms with Crippen molar-refractivity contribution in [1.82, 2.24) is 0 Å². The molecule has 0 saturated carbocycles. The van der Waals surface area contributed by atoms with E-state index < -0.39 is 22.7 Å². The zero-order valence-corrected chi connectivity index (χ0v) is 7.88. The average molecular weight is 239 g/mol. The molecule has 0 saturated heterocycles. The molecule has 0 bridgehead atoms. The highest BCUT2D eigenvalue weighted by Gasteiger charge is 2.34. The number of hydrogen-bond donors (Lipinski definition) is 1. The van der Waals surface area contributed by atoms with Gasteiger partial charge in [-0.1, -0.05) is 0 Å². The third-order valence-corrected chi connectivity index (χ3v) is 1.64. The van der Waals surface area contributed by atoms with E-state index >= 15 is 0 Å². The van der Waals surface area contributed by atoms with Crippen LogP contribution >= 0.6 is 12.6 Å². The first kappa shape index (κ1) is 11.6. The first-order valence-electron chi connectivity index (χ1n) is 3.53. The van der Waals surface area contributed by atoms with Crippen LogP contribution in [0.25, 0.3) is 0 Å². The summed E-state index contributed by atoms with van der Waals surface area (Å²) in [5, 5.41) is 10.4. The van der Waals surface area contributed by atoms with Crippen LogP contribution in [-0.4, -0.2) is 11.3 Å². The molecule has 0 amide bonds. The molecule has 15 heavy (non-hydrogen) atoms. The maximum atomic E-state index is 11.8. The van der Waals surface area contributed by atoms with E-state index in [2.05, 4.69) is 17.4 Å². The molecule has 0 aromatic heterocycles. The molecule has 0 N–H and O–H groups in total. The number of nitro benzene ring substituents is 1. The molecule has 0 atom stereocenters. The molecule has 1 aromatic rings. The van der Waals surface area contributed by atoms with Crippen LogP contribution in [0, 0.1) is 10.1 Å². The molecule has 1 rings (SSSR count). The number of nitro groups is 1. The minimum atomic E-state index is -4.97. The van der Waals surface area contributed by atoms with Gasteiger partial charge in [-0.3, -0.25) is 10.1 Å². The van der Waals surface area contributed by atoms with Crippen molar-refractivity contribution >= 4 is 18.3 Å². The van der Waals surface area contributed by atoms with Crippen molar-refractivity contribution in [2.24, 2.45) is 0 Å². The van der Waals surface area contributed by atoms with Crippen LogP contribution < -0.4 is 4.74 Å². The number of rotatable bonds is 2. The molecule has 1 aromatic carbocycles. The SMILES string of the molecule is O=[N+]([O-])c1ccc(S)cc1OC(F)(F)F. The Morgan fingerprint density at radius 1 is 1.40 bits per heavy atom. The number of nitrogens with zero attached hydrogens (tertiary/aromatic N) is 1. The highest BCUT2D eigenvalue weighted by molar-refractivity contribution is 7.80. The Hall–Kier alpha value is -1.44. The second kappa shape index (κ2) is 3.97. The van der Waals surface area contributed by atoms with Crippen LogP contribution in [-0.2, 0) is 0 Å². The smallest absolute Gasteiger partial charge is 0.398 e. The minimum absolute atomic E-state index is 0.139. The average Bonchev–Trinajstić information content (AvgIpc) is 1.99. The fraction of sp³-hybridized carbons (Fsp3) is 0.143. The van der Waals surface area contributed by atoms with Crippen molar-refractivity contribution in [2.45, 2.75) is 11.3 Å². The van der Waals surface area contributed by atoms with Gasteiger partial charge in [-0.05, 0) is 6.07 Å². The Morgan fingerprint density at radius 3 is 2.47 bits per heavy atom. The Bertz CT molecular complexity index is 394. The van der Waals surface area contributed by atoms with Crippen LogP contribution in [0.2, 0.25) is 0 Å². The van der Waals surface area contributed by atoms with Gasteiger partial charge in [0.2, 0.25) is 5.75 Å². The number of ether oxygens (including phenoxy) is 1. The van der Waals surface area contributed by atoms with Gasteiger partial charge in [-0.25, -0.2) is 0 Å². The van der Waals surface area contributed by atoms with E-state index in [1.807, 2.05) is 0 Å². The van der Waals surface area contributed by atoms with Gasteiger partial charge in [0, 0.05) is 17.0 Å². The number of benzene rings is 1. The Morgan fingerprint density at radius 2 is 2.00 bits per heavy atom. The number of halogens is 3. The minimum Gasteiger partial charge on any atom is -0.398 e. The largest absolute Gasteiger partial charge is 0.573 e. The topological polar surface area (TPSA) is 52.4 Å². The maximum absolute atomic E-state index is 11.8. The van der Waals surface area contributed by atoms with E-state index in [0.29, 0.717) is 0 Å². The lowest BCUT2D eigenvalue weighted by molar-refractivity contribution is -0.388. The van der Waals surface area contributed by atoms with Gasteiger partial charge in [-0.15, -0.1) is 25.8 Å². The normalized spacial score (nSPS) is 11.2. The van der Waals surface area contributed by atoms with Crippen LogP contribution in [0.4, 0.5) is 18.9 Å². The summed E-state index contributed by atoms with van der Waals surface area (Å²) < 4.78 is 39.0. The summed E-state index contributed by atoms with van der Waals surface area (Å²) >= 11 is 3.75. The van der Waals surface area contributed by atoms with E-state index in [0.717, 1.165) is 12.1 Å². The molecule has 0 heterocycles. The van der Waals surface area contributed by atoms with Crippen LogP contribution in [0.5, 0.6) is 5.75 Å². The van der Waals surface area contributed by atoms with Crippen molar-refractivity contribution in [3.8, 4) is 5.75 Å². The molecule has 0 radical (unpaired) electrons. The molecule has 8 heteroatoms. The molecular formula is C7H4F3NO3S. The second-order valence-electron chi connectivity index (χ2n) is 2.46. The van der Waals surface area contributed by atoms with Gasteiger partial charge >= 0.3 is 12.0 Å². The third-order valence-electron chi connectivity index (χ3n) is 1.37. The lowest BCUT2D eigenvalue weighted by Crippen LogP contribution is -2.17. The number of alkyl halides is 3. The second-order valence-corrected chi connectivity index (χ2v) is 2.97. The van der Waals surface area contributed by atoms with Gasteiger partial charge in [0.15, 0.2) is 0 Å². The molecule has 0 fully saturated rings. The highest BCUT2D eigenvalue weighted by Crippen LogP contribution is 2.33. The highest BCUT2D eigenvalue weighted by atomic mass is 32.1. The summed E-state index contributed by atoms with van der Waals surface area (Å²) in [4.78, 5) is 9.53. The van der Waals surface area contributed by atoms with Crippen LogP contribution in [0.3, 0.4) is 0 Å². The van der Waals surface area contributed by atoms with Crippen molar-refractivity contribution in [2.75, 3.05) is 0 Å². The third kappa shape index (κ3) is 3.31. The first-order chi connectivity index (χ1) is 6.79. The van der Waals surface area contributed by atoms with Gasteiger partial charge in [0.25, 0.3) is 0 Å². The first-order valence-corrected chi connectivity index (χ1v) is 3.97. The Kier molecular flexibility index (Phi) is 3.08. The number of thiol groups is 1. The zero-order chi connectivity index (χ0) is 11.6. The van der Waals surface area contributed by atoms with E-state index in [1.54, 1.807) is 0 Å². The molecule has 0 spiro atoms. The molecule has 0 aliphatic heterocycles. The number of hydrogen-bond acceptors (Lipinski definition) is 4. The maximum Gasteiger partial charge on any atom is 0.573 e. The molecule has 82 valence electrons. The van der Waals surface area contributed by atoms with E-state index in [-0.39, 0.29) is 4.90 Å². The molecule has 4 nitrogen and oxygen atoms in total. The van der Waals surface area contributed by atoms with Crippen molar-refractivity contribution in [1.29, 1.82) is 0 Å². The molecular weight excluding hydrogens is 235 g/mol. The van der Waals surface area contributed by atoms with Gasteiger partial charge in [-0.2, -0.15) is 0 Å². The summed E-state index contributed by atoms with van der Waals surface area (Å²) in [6.07, 6.45) is -4.97. The predicted octanol–water partition coefficient (Wildman–Crippen LogP) is 2.78. The summed E-state index contributed by atoms with van der Waals surface area (Å²) in [5.74, 6) is -0.875. The van der Waals surface area contributed by atoms with Crippen molar-refractivity contribution < 1.29 is 22.8 Å². The lowest BCUT2D eigenvalue weighted by Gasteiger charge is -2.09. The summed E-state index contributed by atoms with van der Waals surface area (Å²) in [5.41, 5.74) is -0.759. The summed E-state index contributed by atoms with van der Waals surface area (Å²) in [6, 6.07) is 2.92. The lowest BCUT2D eigenvalue weighted by atomic mass is 10.3. The van der Waals surface area contributed by atoms with Crippen molar-refractivity contribution in [3.63, 3.8) is 0 Å². The standard InChI is InChI=1S/C7H4F3NO3S/c8-7(9,10)14-6-3-4(15)1-2-5(6)11(12)13/h1-3,15H. The van der Waals surface area contributed by atoms with Gasteiger partial charge in [0.1, 0.15) is 0 Å². The fourth-order valence-electron chi connectivity index (χ4n) is 0.860. The van der Waals surface area contributed by atoms with E-state index in [9.17, 15) is 23.3 Å². The van der Waals surface area contributed by atoms with E-state index in [1.165, 1.54) is 6.07 Å².